The normalized spacial score (nSPS) is 12.1. The molecule has 0 aliphatic rings. The van der Waals surface area contributed by atoms with Crippen molar-refractivity contribution in [3.8, 4) is 17.6 Å². The third-order valence-corrected chi connectivity index (χ3v) is 3.75. The van der Waals surface area contributed by atoms with Crippen LogP contribution in [0.1, 0.15) is 40.0 Å². The number of rotatable bonds is 7. The molecular formula is C18H22Cl3NO2. The Bertz CT molecular complexity index is 600. The summed E-state index contributed by atoms with van der Waals surface area (Å²) in [5, 5.41) is 3.89. The summed E-state index contributed by atoms with van der Waals surface area (Å²) in [6.45, 7) is 5.69. The number of nitrogens with one attached hydrogen (secondary N) is 1. The molecule has 132 valence electrons. The van der Waals surface area contributed by atoms with Crippen molar-refractivity contribution >= 4 is 40.7 Å². The van der Waals surface area contributed by atoms with Gasteiger partial charge in [0.15, 0.2) is 0 Å². The number of hydrogen-bond acceptors (Lipinski definition) is 2. The largest absolute Gasteiger partial charge is 0.488 e. The summed E-state index contributed by atoms with van der Waals surface area (Å²) < 4.78 is 5.77. The van der Waals surface area contributed by atoms with Gasteiger partial charge in [0.1, 0.15) is 11.9 Å². The van der Waals surface area contributed by atoms with Gasteiger partial charge in [0.05, 0.1) is 11.4 Å². The van der Waals surface area contributed by atoms with Gasteiger partial charge in [-0.3, -0.25) is 4.79 Å². The van der Waals surface area contributed by atoms with Crippen LogP contribution in [-0.2, 0) is 4.79 Å². The molecule has 0 radical (unpaired) electrons. The second-order valence-corrected chi connectivity index (χ2v) is 7.11. The van der Waals surface area contributed by atoms with Gasteiger partial charge in [0, 0.05) is 22.9 Å². The van der Waals surface area contributed by atoms with Crippen molar-refractivity contribution < 1.29 is 9.53 Å². The molecule has 1 N–H and O–H groups in total. The Morgan fingerprint density at radius 3 is 2.46 bits per heavy atom. The molecule has 1 rings (SSSR count). The van der Waals surface area contributed by atoms with Gasteiger partial charge in [-0.05, 0) is 38.5 Å². The van der Waals surface area contributed by atoms with Crippen molar-refractivity contribution in [2.24, 2.45) is 0 Å². The zero-order chi connectivity index (χ0) is 18.2. The lowest BCUT2D eigenvalue weighted by atomic mass is 10.1. The van der Waals surface area contributed by atoms with Crippen LogP contribution in [0.2, 0.25) is 10.0 Å². The number of carbonyl (C=O) groups is 1. The minimum Gasteiger partial charge on any atom is -0.488 e. The van der Waals surface area contributed by atoms with Gasteiger partial charge in [-0.25, -0.2) is 0 Å². The van der Waals surface area contributed by atoms with Crippen molar-refractivity contribution in [3.63, 3.8) is 0 Å². The molecule has 0 aliphatic heterocycles. The van der Waals surface area contributed by atoms with Gasteiger partial charge in [-0.2, -0.15) is 0 Å². The first kappa shape index (κ1) is 21.0. The number of ether oxygens (including phenoxy) is 1. The van der Waals surface area contributed by atoms with Crippen LogP contribution in [-0.4, -0.2) is 23.4 Å². The van der Waals surface area contributed by atoms with Crippen molar-refractivity contribution in [3.05, 3.63) is 28.2 Å². The molecule has 24 heavy (non-hydrogen) atoms. The molecule has 0 aromatic heterocycles. The highest BCUT2D eigenvalue weighted by molar-refractivity contribution is 6.34. The van der Waals surface area contributed by atoms with Crippen molar-refractivity contribution in [2.45, 2.75) is 51.7 Å². The molecule has 0 fully saturated rings. The second kappa shape index (κ2) is 10.0. The van der Waals surface area contributed by atoms with Crippen LogP contribution in [0.4, 0.5) is 0 Å². The third kappa shape index (κ3) is 8.15. The summed E-state index contributed by atoms with van der Waals surface area (Å²) in [4.78, 5) is 11.7. The maximum atomic E-state index is 11.7. The number of amides is 1. The maximum absolute atomic E-state index is 11.7. The van der Waals surface area contributed by atoms with E-state index in [1.165, 1.54) is 0 Å². The van der Waals surface area contributed by atoms with Crippen LogP contribution in [0.25, 0.3) is 0 Å². The van der Waals surface area contributed by atoms with E-state index >= 15 is 0 Å². The van der Waals surface area contributed by atoms with Crippen molar-refractivity contribution in [1.82, 2.24) is 5.32 Å². The predicted octanol–water partition coefficient (Wildman–Crippen LogP) is 5.07. The van der Waals surface area contributed by atoms with Gasteiger partial charge < -0.3 is 10.1 Å². The van der Waals surface area contributed by atoms with E-state index in [4.69, 9.17) is 39.5 Å². The molecule has 3 nitrogen and oxygen atoms in total. The quantitative estimate of drug-likeness (QED) is 0.521. The van der Waals surface area contributed by atoms with E-state index in [1.54, 1.807) is 18.2 Å². The van der Waals surface area contributed by atoms with E-state index < -0.39 is 5.54 Å². The lowest BCUT2D eigenvalue weighted by Crippen LogP contribution is -2.42. The molecule has 0 bridgehead atoms. The Morgan fingerprint density at radius 1 is 1.29 bits per heavy atom. The average molecular weight is 391 g/mol. The van der Waals surface area contributed by atoms with Crippen molar-refractivity contribution in [2.75, 3.05) is 5.88 Å². The predicted molar refractivity (Wildman–Crippen MR) is 101 cm³/mol. The van der Waals surface area contributed by atoms with Gasteiger partial charge in [0.2, 0.25) is 5.91 Å². The Hall–Kier alpha value is -1.08. The van der Waals surface area contributed by atoms with E-state index in [1.807, 2.05) is 20.8 Å². The summed E-state index contributed by atoms with van der Waals surface area (Å²) in [6, 6.07) is 4.98. The van der Waals surface area contributed by atoms with Crippen LogP contribution in [0.5, 0.6) is 5.75 Å². The fourth-order valence-electron chi connectivity index (χ4n) is 1.97. The van der Waals surface area contributed by atoms with Gasteiger partial charge in [0.25, 0.3) is 0 Å². The summed E-state index contributed by atoms with van der Waals surface area (Å²) in [7, 11) is 0. The highest BCUT2D eigenvalue weighted by atomic mass is 35.5. The van der Waals surface area contributed by atoms with E-state index in [-0.39, 0.29) is 17.9 Å². The first-order chi connectivity index (χ1) is 11.3. The molecule has 0 saturated heterocycles. The molecule has 0 saturated carbocycles. The molecule has 0 heterocycles. The Labute approximate surface area is 159 Å². The van der Waals surface area contributed by atoms with Crippen LogP contribution in [0.15, 0.2) is 18.2 Å². The first-order valence-electron chi connectivity index (χ1n) is 7.75. The number of benzene rings is 1. The van der Waals surface area contributed by atoms with Crippen LogP contribution in [0, 0.1) is 11.8 Å². The van der Waals surface area contributed by atoms with E-state index in [0.29, 0.717) is 28.6 Å². The summed E-state index contributed by atoms with van der Waals surface area (Å²) >= 11 is 17.8. The Balaban J connectivity index is 2.64. The fourth-order valence-corrected chi connectivity index (χ4v) is 2.65. The maximum Gasteiger partial charge on any atom is 0.221 e. The number of alkyl halides is 1. The van der Waals surface area contributed by atoms with E-state index in [2.05, 4.69) is 17.2 Å². The van der Waals surface area contributed by atoms with Crippen molar-refractivity contribution in [1.29, 1.82) is 0 Å². The third-order valence-electron chi connectivity index (χ3n) is 2.97. The van der Waals surface area contributed by atoms with Gasteiger partial charge >= 0.3 is 0 Å². The van der Waals surface area contributed by atoms with E-state index in [9.17, 15) is 4.79 Å². The molecule has 0 spiro atoms. The van der Waals surface area contributed by atoms with Gasteiger partial charge in [-0.1, -0.05) is 42.0 Å². The Morgan fingerprint density at radius 2 is 1.92 bits per heavy atom. The molecule has 1 aromatic rings. The Kier molecular flexibility index (Phi) is 8.76. The highest BCUT2D eigenvalue weighted by Crippen LogP contribution is 2.25. The second-order valence-electron chi connectivity index (χ2n) is 5.93. The lowest BCUT2D eigenvalue weighted by molar-refractivity contribution is -0.122. The minimum atomic E-state index is -0.595. The molecule has 6 heteroatoms. The fraction of sp³-hybridized carbons (Fsp3) is 0.500. The highest BCUT2D eigenvalue weighted by Gasteiger charge is 2.17. The average Bonchev–Trinajstić information content (AvgIpc) is 2.44. The minimum absolute atomic E-state index is 0.00415. The smallest absolute Gasteiger partial charge is 0.221 e. The summed E-state index contributed by atoms with van der Waals surface area (Å²) in [5.74, 6) is 6.91. The zero-order valence-electron chi connectivity index (χ0n) is 14.1. The van der Waals surface area contributed by atoms with Crippen LogP contribution >= 0.6 is 34.8 Å². The first-order valence-corrected chi connectivity index (χ1v) is 9.04. The topological polar surface area (TPSA) is 38.3 Å². The summed E-state index contributed by atoms with van der Waals surface area (Å²) in [6.07, 6.45) is 1.44. The van der Waals surface area contributed by atoms with Crippen LogP contribution in [0.3, 0.4) is 0 Å². The number of halogens is 3. The molecule has 0 aliphatic carbocycles. The molecule has 1 atom stereocenters. The lowest BCUT2D eigenvalue weighted by Gasteiger charge is -2.20. The van der Waals surface area contributed by atoms with Gasteiger partial charge in [-0.15, -0.1) is 11.6 Å². The van der Waals surface area contributed by atoms with E-state index in [0.717, 1.165) is 6.42 Å². The molecule has 1 aromatic carbocycles. The standard InChI is InChI=1S/C18H22Cl3NO2/c1-4-6-17(23)22-18(2,3)8-5-7-15(12-19)24-16-10-13(20)9-14(21)11-16/h9-11,15H,4,6-7,12H2,1-3H3,(H,22,23). The SMILES string of the molecule is CCCC(=O)NC(C)(C)C#CCC(CCl)Oc1cc(Cl)cc(Cl)c1. The molecular weight excluding hydrogens is 369 g/mol. The zero-order valence-corrected chi connectivity index (χ0v) is 16.4. The monoisotopic (exact) mass is 389 g/mol. The molecule has 1 unspecified atom stereocenters. The number of carbonyl (C=O) groups excluding carboxylic acids is 1. The number of hydrogen-bond donors (Lipinski definition) is 1. The molecule has 1 amide bonds. The van der Waals surface area contributed by atoms with Crippen LogP contribution < -0.4 is 10.1 Å². The summed E-state index contributed by atoms with van der Waals surface area (Å²) in [5.41, 5.74) is -0.595.